The number of sulfone groups is 1. The van der Waals surface area contributed by atoms with Crippen molar-refractivity contribution in [1.82, 2.24) is 0 Å². The average molecular weight is 445 g/mol. The number of carbonyl (C=O) groups excluding carboxylic acids is 2. The summed E-state index contributed by atoms with van der Waals surface area (Å²) in [5, 5.41) is -1.09. The Morgan fingerprint density at radius 3 is 2.00 bits per heavy atom. The van der Waals surface area contributed by atoms with Gasteiger partial charge in [0.2, 0.25) is 0 Å². The van der Waals surface area contributed by atoms with Crippen LogP contribution in [0.25, 0.3) is 0 Å². The van der Waals surface area contributed by atoms with E-state index < -0.39 is 27.2 Å². The second kappa shape index (κ2) is 11.0. The highest BCUT2D eigenvalue weighted by atomic mass is 32.2. The maximum atomic E-state index is 12.7. The summed E-state index contributed by atoms with van der Waals surface area (Å²) >= 11 is 0. The molecule has 0 aliphatic carbocycles. The number of ether oxygens (including phenoxy) is 2. The number of carbonyl (C=O) groups is 2. The SMILES string of the molecule is CC(=O)C[C@@H](OCc1ccccc1)/C(C)=C(\OC(=O)c1ccccc1)[C@H](C)S(C)(=O)=O. The third-order valence-corrected chi connectivity index (χ3v) is 6.36. The van der Waals surface area contributed by atoms with Crippen molar-refractivity contribution in [3.63, 3.8) is 0 Å². The van der Waals surface area contributed by atoms with Gasteiger partial charge in [-0.3, -0.25) is 4.79 Å². The van der Waals surface area contributed by atoms with Crippen LogP contribution in [0.3, 0.4) is 0 Å². The zero-order valence-electron chi connectivity index (χ0n) is 18.2. The summed E-state index contributed by atoms with van der Waals surface area (Å²) in [6, 6.07) is 17.7. The molecule has 2 aromatic carbocycles. The standard InChI is InChI=1S/C24H28O6S/c1-17(25)15-22(29-16-20-11-7-5-8-12-20)18(2)23(19(3)31(4,27)28)30-24(26)21-13-9-6-10-14-21/h5-14,19,22H,15-16H2,1-4H3/b23-18-/t19-,22+/m0/s1. The number of benzene rings is 2. The van der Waals surface area contributed by atoms with Crippen molar-refractivity contribution in [2.24, 2.45) is 0 Å². The Balaban J connectivity index is 2.41. The largest absolute Gasteiger partial charge is 0.426 e. The van der Waals surface area contributed by atoms with Gasteiger partial charge in [0.1, 0.15) is 16.8 Å². The second-order valence-electron chi connectivity index (χ2n) is 7.47. The Labute approximate surface area is 183 Å². The highest BCUT2D eigenvalue weighted by Crippen LogP contribution is 2.25. The Morgan fingerprint density at radius 2 is 1.48 bits per heavy atom. The Morgan fingerprint density at radius 1 is 0.935 bits per heavy atom. The Hall–Kier alpha value is -2.77. The molecule has 0 spiro atoms. The molecule has 2 aromatic rings. The molecular formula is C24H28O6S. The minimum Gasteiger partial charge on any atom is -0.426 e. The molecule has 2 atom stereocenters. The van der Waals surface area contributed by atoms with E-state index in [1.165, 1.54) is 13.8 Å². The minimum atomic E-state index is -3.58. The van der Waals surface area contributed by atoms with Crippen molar-refractivity contribution in [1.29, 1.82) is 0 Å². The monoisotopic (exact) mass is 444 g/mol. The molecule has 0 bridgehead atoms. The summed E-state index contributed by atoms with van der Waals surface area (Å²) in [7, 11) is -3.58. The van der Waals surface area contributed by atoms with Gasteiger partial charge in [0.25, 0.3) is 0 Å². The molecule has 0 saturated heterocycles. The fraction of sp³-hybridized carbons (Fsp3) is 0.333. The number of hydrogen-bond donors (Lipinski definition) is 0. The lowest BCUT2D eigenvalue weighted by atomic mass is 10.0. The van der Waals surface area contributed by atoms with E-state index in [2.05, 4.69) is 0 Å². The zero-order chi connectivity index (χ0) is 23.0. The van der Waals surface area contributed by atoms with Crippen LogP contribution in [-0.2, 0) is 30.7 Å². The lowest BCUT2D eigenvalue weighted by molar-refractivity contribution is -0.119. The lowest BCUT2D eigenvalue weighted by Gasteiger charge is -2.24. The van der Waals surface area contributed by atoms with E-state index in [1.54, 1.807) is 37.3 Å². The van der Waals surface area contributed by atoms with Crippen molar-refractivity contribution >= 4 is 21.6 Å². The number of hydrogen-bond acceptors (Lipinski definition) is 6. The van der Waals surface area contributed by atoms with Crippen LogP contribution < -0.4 is 0 Å². The molecule has 166 valence electrons. The highest BCUT2D eigenvalue weighted by Gasteiger charge is 2.29. The van der Waals surface area contributed by atoms with Gasteiger partial charge in [0.15, 0.2) is 9.84 Å². The summed E-state index contributed by atoms with van der Waals surface area (Å²) in [6.07, 6.45) is 0.369. The molecule has 0 aliphatic rings. The van der Waals surface area contributed by atoms with Gasteiger partial charge in [0, 0.05) is 12.7 Å². The third-order valence-electron chi connectivity index (χ3n) is 4.86. The summed E-state index contributed by atoms with van der Waals surface area (Å²) in [5.41, 5.74) is 1.60. The Kier molecular flexibility index (Phi) is 8.71. The van der Waals surface area contributed by atoms with Crippen molar-refractivity contribution in [3.05, 3.63) is 83.1 Å². The summed E-state index contributed by atoms with van der Waals surface area (Å²) in [6.45, 7) is 4.74. The van der Waals surface area contributed by atoms with Crippen LogP contribution >= 0.6 is 0 Å². The van der Waals surface area contributed by atoms with Crippen molar-refractivity contribution in [2.45, 2.75) is 45.2 Å². The predicted octanol–water partition coefficient (Wildman–Crippen LogP) is 4.12. The van der Waals surface area contributed by atoms with Crippen molar-refractivity contribution < 1.29 is 27.5 Å². The van der Waals surface area contributed by atoms with Gasteiger partial charge in [-0.2, -0.15) is 0 Å². The molecule has 0 saturated carbocycles. The van der Waals surface area contributed by atoms with Gasteiger partial charge >= 0.3 is 5.97 Å². The first kappa shape index (κ1) is 24.5. The number of esters is 1. The number of ketones is 1. The highest BCUT2D eigenvalue weighted by molar-refractivity contribution is 7.91. The zero-order valence-corrected chi connectivity index (χ0v) is 19.0. The number of Topliss-reactive ketones (excluding diaryl/α,β-unsaturated/α-hetero) is 1. The van der Waals surface area contributed by atoms with E-state index in [4.69, 9.17) is 9.47 Å². The summed E-state index contributed by atoms with van der Waals surface area (Å²) in [5.74, 6) is -0.816. The molecule has 0 unspecified atom stereocenters. The average Bonchev–Trinajstić information content (AvgIpc) is 2.74. The first-order valence-corrected chi connectivity index (χ1v) is 11.9. The minimum absolute atomic E-state index is 0.0179. The Bertz CT molecular complexity index is 1030. The molecule has 31 heavy (non-hydrogen) atoms. The van der Waals surface area contributed by atoms with Crippen LogP contribution in [0.4, 0.5) is 0 Å². The van der Waals surface area contributed by atoms with Crippen molar-refractivity contribution in [3.8, 4) is 0 Å². The fourth-order valence-electron chi connectivity index (χ4n) is 2.94. The predicted molar refractivity (Wildman–Crippen MR) is 119 cm³/mol. The molecule has 0 N–H and O–H groups in total. The first-order chi connectivity index (χ1) is 14.6. The molecule has 0 radical (unpaired) electrons. The lowest BCUT2D eigenvalue weighted by Crippen LogP contribution is -2.28. The molecule has 0 heterocycles. The topological polar surface area (TPSA) is 86.7 Å². The molecule has 0 aliphatic heterocycles. The van der Waals surface area contributed by atoms with E-state index in [9.17, 15) is 18.0 Å². The molecule has 6 nitrogen and oxygen atoms in total. The molecule has 0 amide bonds. The summed E-state index contributed by atoms with van der Waals surface area (Å²) < 4.78 is 36.1. The molecule has 7 heteroatoms. The molecule has 0 fully saturated rings. The fourth-order valence-corrected chi connectivity index (χ4v) is 3.56. The molecule has 2 rings (SSSR count). The first-order valence-electron chi connectivity index (χ1n) is 9.91. The van der Waals surface area contributed by atoms with Crippen LogP contribution in [0.1, 0.15) is 43.1 Å². The van der Waals surface area contributed by atoms with Gasteiger partial charge in [-0.25, -0.2) is 13.2 Å². The van der Waals surface area contributed by atoms with E-state index in [0.717, 1.165) is 11.8 Å². The summed E-state index contributed by atoms with van der Waals surface area (Å²) in [4.78, 5) is 24.5. The molecule has 0 aromatic heterocycles. The van der Waals surface area contributed by atoms with Gasteiger partial charge in [-0.15, -0.1) is 0 Å². The van der Waals surface area contributed by atoms with E-state index >= 15 is 0 Å². The van der Waals surface area contributed by atoms with Crippen LogP contribution in [0.5, 0.6) is 0 Å². The van der Waals surface area contributed by atoms with Crippen LogP contribution in [-0.4, -0.2) is 37.8 Å². The van der Waals surface area contributed by atoms with Crippen molar-refractivity contribution in [2.75, 3.05) is 6.26 Å². The molecular weight excluding hydrogens is 416 g/mol. The van der Waals surface area contributed by atoms with Crippen LogP contribution in [0.15, 0.2) is 72.0 Å². The van der Waals surface area contributed by atoms with Gasteiger partial charge < -0.3 is 9.47 Å². The van der Waals surface area contributed by atoms with Gasteiger partial charge in [-0.05, 0) is 44.0 Å². The van der Waals surface area contributed by atoms with E-state index in [1.807, 2.05) is 30.3 Å². The quantitative estimate of drug-likeness (QED) is 0.405. The second-order valence-corrected chi connectivity index (χ2v) is 9.83. The third kappa shape index (κ3) is 7.45. The van der Waals surface area contributed by atoms with Crippen LogP contribution in [0.2, 0.25) is 0 Å². The maximum Gasteiger partial charge on any atom is 0.343 e. The normalized spacial score (nSPS) is 14.3. The smallest absolute Gasteiger partial charge is 0.343 e. The van der Waals surface area contributed by atoms with Crippen LogP contribution in [0, 0.1) is 0 Å². The number of rotatable bonds is 10. The van der Waals surface area contributed by atoms with E-state index in [0.29, 0.717) is 11.1 Å². The van der Waals surface area contributed by atoms with Gasteiger partial charge in [0.05, 0.1) is 18.3 Å². The van der Waals surface area contributed by atoms with Gasteiger partial charge in [-0.1, -0.05) is 48.5 Å². The maximum absolute atomic E-state index is 12.7. The van der Waals surface area contributed by atoms with E-state index in [-0.39, 0.29) is 24.6 Å².